The van der Waals surface area contributed by atoms with Crippen molar-refractivity contribution in [2.75, 3.05) is 0 Å². The first-order valence-corrected chi connectivity index (χ1v) is 11.4. The van der Waals surface area contributed by atoms with Crippen LogP contribution in [0.1, 0.15) is 56.6 Å². The Hall–Kier alpha value is -3.57. The smallest absolute Gasteiger partial charge is 0.259 e. The van der Waals surface area contributed by atoms with E-state index in [1.807, 2.05) is 43.3 Å². The zero-order valence-electron chi connectivity index (χ0n) is 17.6. The number of ketones is 1. The van der Waals surface area contributed by atoms with Gasteiger partial charge in [-0.3, -0.25) is 14.3 Å². The molecule has 0 radical (unpaired) electrons. The fourth-order valence-electron chi connectivity index (χ4n) is 4.32. The van der Waals surface area contributed by atoms with Crippen molar-refractivity contribution >= 4 is 27.3 Å². The summed E-state index contributed by atoms with van der Waals surface area (Å²) < 4.78 is 1.74. The lowest BCUT2D eigenvalue weighted by molar-refractivity contribution is 0.0975. The number of carbonyl (C=O) groups is 1. The molecule has 0 bridgehead atoms. The minimum absolute atomic E-state index is 0.101. The van der Waals surface area contributed by atoms with Gasteiger partial charge in [-0.1, -0.05) is 30.3 Å². The fraction of sp³-hybridized carbons (Fsp3) is 0.292. The largest absolute Gasteiger partial charge is 0.308 e. The van der Waals surface area contributed by atoms with Gasteiger partial charge in [0.25, 0.3) is 5.56 Å². The molecule has 3 aromatic heterocycles. The number of hydrogen-bond donors (Lipinski definition) is 1. The number of aromatic nitrogens is 4. The number of Topliss-reactive ketones (excluding diaryl/α,β-unsaturated/α-hetero) is 1. The molecule has 0 aliphatic heterocycles. The summed E-state index contributed by atoms with van der Waals surface area (Å²) in [6, 6.07) is 11.9. The van der Waals surface area contributed by atoms with Crippen molar-refractivity contribution in [1.82, 2.24) is 19.7 Å². The summed E-state index contributed by atoms with van der Waals surface area (Å²) in [5.74, 6) is -1.50. The van der Waals surface area contributed by atoms with Crippen molar-refractivity contribution in [3.8, 4) is 6.07 Å². The molecule has 8 heteroatoms. The molecule has 3 heterocycles. The predicted octanol–water partition coefficient (Wildman–Crippen LogP) is 3.91. The van der Waals surface area contributed by atoms with Crippen LogP contribution < -0.4 is 5.56 Å². The van der Waals surface area contributed by atoms with E-state index in [1.165, 1.54) is 22.4 Å². The second-order valence-electron chi connectivity index (χ2n) is 8.06. The molecule has 0 saturated carbocycles. The lowest BCUT2D eigenvalue weighted by Crippen LogP contribution is -2.20. The average molecular weight is 444 g/mol. The molecule has 1 aliphatic rings. The van der Waals surface area contributed by atoms with Crippen LogP contribution in [0.3, 0.4) is 0 Å². The third kappa shape index (κ3) is 3.45. The third-order valence-electron chi connectivity index (χ3n) is 6.05. The van der Waals surface area contributed by atoms with Gasteiger partial charge in [-0.2, -0.15) is 10.4 Å². The van der Waals surface area contributed by atoms with E-state index in [4.69, 9.17) is 0 Å². The van der Waals surface area contributed by atoms with Crippen LogP contribution in [0.25, 0.3) is 10.2 Å². The molecule has 0 spiro atoms. The number of H-pyrrole nitrogens is 1. The normalized spacial score (nSPS) is 14.1. The number of benzene rings is 1. The van der Waals surface area contributed by atoms with Crippen LogP contribution in [0, 0.1) is 18.3 Å². The van der Waals surface area contributed by atoms with Crippen LogP contribution in [-0.2, 0) is 19.4 Å². The van der Waals surface area contributed by atoms with Crippen molar-refractivity contribution in [1.29, 1.82) is 5.26 Å². The molecule has 5 rings (SSSR count). The molecule has 160 valence electrons. The van der Waals surface area contributed by atoms with Gasteiger partial charge in [-0.05, 0) is 43.7 Å². The Labute approximate surface area is 188 Å². The Morgan fingerprint density at radius 3 is 2.84 bits per heavy atom. The predicted molar refractivity (Wildman–Crippen MR) is 122 cm³/mol. The Kier molecular flexibility index (Phi) is 5.19. The SMILES string of the molecule is Cc1c(C(=O)C(C#N)c2nc3sc4c(c3c(=O)[nH]2)CCCC4)cnn1Cc1ccccc1. The van der Waals surface area contributed by atoms with E-state index in [9.17, 15) is 14.9 Å². The maximum absolute atomic E-state index is 13.3. The highest BCUT2D eigenvalue weighted by Crippen LogP contribution is 2.34. The maximum atomic E-state index is 13.3. The highest BCUT2D eigenvalue weighted by atomic mass is 32.1. The monoisotopic (exact) mass is 443 g/mol. The van der Waals surface area contributed by atoms with Crippen molar-refractivity contribution in [3.63, 3.8) is 0 Å². The molecule has 32 heavy (non-hydrogen) atoms. The van der Waals surface area contributed by atoms with E-state index in [1.54, 1.807) is 4.68 Å². The van der Waals surface area contributed by atoms with Gasteiger partial charge in [0.1, 0.15) is 10.7 Å². The van der Waals surface area contributed by atoms with Gasteiger partial charge < -0.3 is 4.98 Å². The molecule has 1 aromatic carbocycles. The number of fused-ring (bicyclic) bond motifs is 3. The summed E-state index contributed by atoms with van der Waals surface area (Å²) in [4.78, 5) is 35.2. The first kappa shape index (κ1) is 20.3. The van der Waals surface area contributed by atoms with Gasteiger partial charge in [-0.25, -0.2) is 4.98 Å². The fourth-order valence-corrected chi connectivity index (χ4v) is 5.59. The minimum atomic E-state index is -1.20. The number of thiophene rings is 1. The Morgan fingerprint density at radius 1 is 1.28 bits per heavy atom. The van der Waals surface area contributed by atoms with E-state index in [-0.39, 0.29) is 11.4 Å². The van der Waals surface area contributed by atoms with Crippen LogP contribution in [0.5, 0.6) is 0 Å². The summed E-state index contributed by atoms with van der Waals surface area (Å²) in [6.07, 6.45) is 5.48. The van der Waals surface area contributed by atoms with Gasteiger partial charge >= 0.3 is 0 Å². The van der Waals surface area contributed by atoms with Gasteiger partial charge in [0, 0.05) is 10.6 Å². The van der Waals surface area contributed by atoms with Crippen LogP contribution in [-0.4, -0.2) is 25.5 Å². The molecule has 0 fully saturated rings. The second-order valence-corrected chi connectivity index (χ2v) is 9.14. The summed E-state index contributed by atoms with van der Waals surface area (Å²) >= 11 is 1.50. The highest BCUT2D eigenvalue weighted by molar-refractivity contribution is 7.18. The van der Waals surface area contributed by atoms with Gasteiger partial charge in [-0.15, -0.1) is 11.3 Å². The second kappa shape index (κ2) is 8.17. The third-order valence-corrected chi connectivity index (χ3v) is 7.24. The van der Waals surface area contributed by atoms with Crippen molar-refractivity contribution in [3.05, 3.63) is 80.0 Å². The molecule has 1 N–H and O–H groups in total. The summed E-state index contributed by atoms with van der Waals surface area (Å²) in [5.41, 5.74) is 2.91. The van der Waals surface area contributed by atoms with Crippen LogP contribution in [0.15, 0.2) is 41.3 Å². The first-order chi connectivity index (χ1) is 15.6. The van der Waals surface area contributed by atoms with Gasteiger partial charge in [0.15, 0.2) is 11.7 Å². The van der Waals surface area contributed by atoms with E-state index in [0.29, 0.717) is 28.0 Å². The summed E-state index contributed by atoms with van der Waals surface area (Å²) in [6.45, 7) is 2.34. The van der Waals surface area contributed by atoms with E-state index < -0.39 is 11.7 Å². The topological polar surface area (TPSA) is 104 Å². The molecule has 1 aliphatic carbocycles. The maximum Gasteiger partial charge on any atom is 0.259 e. The summed E-state index contributed by atoms with van der Waals surface area (Å²) in [5, 5.41) is 14.8. The Balaban J connectivity index is 1.49. The molecule has 1 atom stereocenters. The minimum Gasteiger partial charge on any atom is -0.308 e. The lowest BCUT2D eigenvalue weighted by atomic mass is 9.96. The molecular weight excluding hydrogens is 422 g/mol. The van der Waals surface area contributed by atoms with Crippen LogP contribution in [0.4, 0.5) is 0 Å². The molecular formula is C24H21N5O2S. The van der Waals surface area contributed by atoms with Crippen molar-refractivity contribution < 1.29 is 4.79 Å². The van der Waals surface area contributed by atoms with Crippen molar-refractivity contribution in [2.24, 2.45) is 0 Å². The summed E-state index contributed by atoms with van der Waals surface area (Å²) in [7, 11) is 0. The molecule has 7 nitrogen and oxygen atoms in total. The number of aryl methyl sites for hydroxylation is 2. The zero-order valence-corrected chi connectivity index (χ0v) is 18.4. The van der Waals surface area contributed by atoms with Crippen LogP contribution in [0.2, 0.25) is 0 Å². The number of aromatic amines is 1. The Morgan fingerprint density at radius 2 is 2.06 bits per heavy atom. The van der Waals surface area contributed by atoms with E-state index >= 15 is 0 Å². The lowest BCUT2D eigenvalue weighted by Gasteiger charge is -2.10. The number of nitrogens with one attached hydrogen (secondary N) is 1. The van der Waals surface area contributed by atoms with Crippen LogP contribution >= 0.6 is 11.3 Å². The number of hydrogen-bond acceptors (Lipinski definition) is 6. The van der Waals surface area contributed by atoms with E-state index in [2.05, 4.69) is 15.1 Å². The average Bonchev–Trinajstić information content (AvgIpc) is 3.35. The quantitative estimate of drug-likeness (QED) is 0.471. The number of rotatable bonds is 5. The number of carbonyl (C=O) groups excluding carboxylic acids is 1. The molecule has 0 amide bonds. The molecule has 4 aromatic rings. The standard InChI is InChI=1S/C24H21N5O2S/c1-14-18(12-26-29(14)13-15-7-3-2-4-8-15)21(30)17(11-25)22-27-23(31)20-16-9-5-6-10-19(16)32-24(20)28-22/h2-4,7-8,12,17H,5-6,9-10,13H2,1H3,(H,27,28,31). The molecule has 1 unspecified atom stereocenters. The van der Waals surface area contributed by atoms with Gasteiger partial charge in [0.05, 0.1) is 29.8 Å². The first-order valence-electron chi connectivity index (χ1n) is 10.6. The Bertz CT molecular complexity index is 1420. The van der Waals surface area contributed by atoms with Crippen molar-refractivity contribution in [2.45, 2.75) is 45.1 Å². The number of nitrogens with zero attached hydrogens (tertiary/aromatic N) is 4. The zero-order chi connectivity index (χ0) is 22.2. The highest BCUT2D eigenvalue weighted by Gasteiger charge is 2.29. The van der Waals surface area contributed by atoms with E-state index in [0.717, 1.165) is 36.8 Å². The van der Waals surface area contributed by atoms with Gasteiger partial charge in [0.2, 0.25) is 0 Å². The number of nitriles is 1. The molecule has 0 saturated heterocycles.